The van der Waals surface area contributed by atoms with E-state index in [4.69, 9.17) is 0 Å². The van der Waals surface area contributed by atoms with E-state index in [9.17, 15) is 18.4 Å². The van der Waals surface area contributed by atoms with Crippen molar-refractivity contribution >= 4 is 11.8 Å². The molecule has 0 unspecified atom stereocenters. The summed E-state index contributed by atoms with van der Waals surface area (Å²) >= 11 is 0. The third-order valence-corrected chi connectivity index (χ3v) is 5.29. The van der Waals surface area contributed by atoms with Gasteiger partial charge in [0.2, 0.25) is 11.8 Å². The largest absolute Gasteiger partial charge is 0.435 e. The third-order valence-electron chi connectivity index (χ3n) is 5.29. The van der Waals surface area contributed by atoms with Crippen LogP contribution in [0, 0.1) is 0 Å². The van der Waals surface area contributed by atoms with Gasteiger partial charge in [-0.05, 0) is 30.5 Å². The molecular weight excluding hydrogens is 382 g/mol. The number of hydrogen-bond acceptors (Lipinski definition) is 5. The molecule has 0 saturated carbocycles. The van der Waals surface area contributed by atoms with Gasteiger partial charge >= 0.3 is 6.61 Å². The summed E-state index contributed by atoms with van der Waals surface area (Å²) in [5.74, 6) is 0.217. The number of likely N-dealkylation sites (tertiary alicyclic amines) is 1. The van der Waals surface area contributed by atoms with Crippen molar-refractivity contribution in [1.29, 1.82) is 0 Å². The van der Waals surface area contributed by atoms with Crippen LogP contribution in [0.1, 0.15) is 18.4 Å². The van der Waals surface area contributed by atoms with E-state index in [0.717, 1.165) is 57.7 Å². The summed E-state index contributed by atoms with van der Waals surface area (Å²) < 4.78 is 28.6. The van der Waals surface area contributed by atoms with Crippen molar-refractivity contribution in [2.45, 2.75) is 26.0 Å². The fraction of sp³-hybridized carbons (Fsp3) is 0.600. The van der Waals surface area contributed by atoms with E-state index in [0.29, 0.717) is 19.6 Å². The van der Waals surface area contributed by atoms with Gasteiger partial charge in [-0.25, -0.2) is 0 Å². The van der Waals surface area contributed by atoms with Gasteiger partial charge < -0.3 is 15.0 Å². The Labute approximate surface area is 169 Å². The van der Waals surface area contributed by atoms with Gasteiger partial charge in [0.1, 0.15) is 5.75 Å². The van der Waals surface area contributed by atoms with Crippen LogP contribution in [-0.4, -0.2) is 85.5 Å². The highest BCUT2D eigenvalue weighted by Crippen LogP contribution is 2.15. The van der Waals surface area contributed by atoms with Gasteiger partial charge in [0.05, 0.1) is 13.1 Å². The summed E-state index contributed by atoms with van der Waals surface area (Å²) in [6, 6.07) is 6.20. The molecule has 0 radical (unpaired) electrons. The second-order valence-corrected chi connectivity index (χ2v) is 7.44. The molecule has 0 aliphatic carbocycles. The van der Waals surface area contributed by atoms with Crippen LogP contribution in [0.25, 0.3) is 0 Å². The maximum absolute atomic E-state index is 12.2. The van der Waals surface area contributed by atoms with Crippen molar-refractivity contribution in [3.8, 4) is 5.75 Å². The third kappa shape index (κ3) is 6.93. The number of amides is 2. The van der Waals surface area contributed by atoms with Crippen molar-refractivity contribution in [2.24, 2.45) is 0 Å². The topological polar surface area (TPSA) is 65.1 Å². The second-order valence-electron chi connectivity index (χ2n) is 7.44. The van der Waals surface area contributed by atoms with E-state index in [-0.39, 0.29) is 17.6 Å². The number of carbonyl (C=O) groups is 2. The van der Waals surface area contributed by atoms with Crippen molar-refractivity contribution in [3.63, 3.8) is 0 Å². The Morgan fingerprint density at radius 1 is 0.931 bits per heavy atom. The van der Waals surface area contributed by atoms with E-state index in [1.54, 1.807) is 12.1 Å². The first-order valence-electron chi connectivity index (χ1n) is 10.0. The van der Waals surface area contributed by atoms with E-state index in [1.807, 2.05) is 4.90 Å². The zero-order valence-corrected chi connectivity index (χ0v) is 16.5. The van der Waals surface area contributed by atoms with Crippen molar-refractivity contribution in [3.05, 3.63) is 29.8 Å². The van der Waals surface area contributed by atoms with E-state index >= 15 is 0 Å². The molecule has 2 saturated heterocycles. The Balaban J connectivity index is 1.32. The molecule has 0 spiro atoms. The molecule has 2 aliphatic rings. The molecule has 2 amide bonds. The number of alkyl halides is 2. The first kappa shape index (κ1) is 21.4. The number of nitrogens with one attached hydrogen (secondary N) is 1. The fourth-order valence-corrected chi connectivity index (χ4v) is 3.61. The Morgan fingerprint density at radius 2 is 1.52 bits per heavy atom. The lowest BCUT2D eigenvalue weighted by atomic mass is 10.2. The van der Waals surface area contributed by atoms with Gasteiger partial charge in [-0.2, -0.15) is 8.78 Å². The van der Waals surface area contributed by atoms with Crippen molar-refractivity contribution in [2.75, 3.05) is 52.4 Å². The summed E-state index contributed by atoms with van der Waals surface area (Å²) in [5.41, 5.74) is 0.810. The molecule has 1 aromatic carbocycles. The fourth-order valence-electron chi connectivity index (χ4n) is 3.61. The minimum atomic E-state index is -2.85. The van der Waals surface area contributed by atoms with Crippen LogP contribution in [-0.2, 0) is 16.1 Å². The predicted octanol–water partition coefficient (Wildman–Crippen LogP) is 1.14. The van der Waals surface area contributed by atoms with Crippen LogP contribution in [0.2, 0.25) is 0 Å². The number of benzene rings is 1. The number of piperazine rings is 1. The van der Waals surface area contributed by atoms with Crippen LogP contribution in [0.3, 0.4) is 0 Å². The Kier molecular flexibility index (Phi) is 7.76. The molecule has 29 heavy (non-hydrogen) atoms. The maximum atomic E-state index is 12.2. The Bertz CT molecular complexity index is 673. The lowest BCUT2D eigenvalue weighted by Gasteiger charge is -2.34. The second kappa shape index (κ2) is 10.5. The lowest BCUT2D eigenvalue weighted by Crippen LogP contribution is -2.51. The van der Waals surface area contributed by atoms with E-state index in [1.165, 1.54) is 12.1 Å². The van der Waals surface area contributed by atoms with Gasteiger partial charge in [0.25, 0.3) is 0 Å². The zero-order chi connectivity index (χ0) is 20.6. The summed E-state index contributed by atoms with van der Waals surface area (Å²) in [6.45, 7) is 3.06. The normalized spacial score (nSPS) is 18.2. The molecule has 0 bridgehead atoms. The van der Waals surface area contributed by atoms with Crippen LogP contribution in [0.4, 0.5) is 8.78 Å². The molecule has 2 fully saturated rings. The van der Waals surface area contributed by atoms with Gasteiger partial charge in [0, 0.05) is 45.8 Å². The molecule has 9 heteroatoms. The van der Waals surface area contributed by atoms with Crippen LogP contribution in [0.15, 0.2) is 24.3 Å². The molecule has 3 rings (SSSR count). The van der Waals surface area contributed by atoms with Gasteiger partial charge in [0.15, 0.2) is 0 Å². The van der Waals surface area contributed by atoms with Crippen LogP contribution in [0.5, 0.6) is 5.75 Å². The highest BCUT2D eigenvalue weighted by molar-refractivity contribution is 5.79. The number of hydrogen-bond donors (Lipinski definition) is 1. The van der Waals surface area contributed by atoms with Crippen molar-refractivity contribution < 1.29 is 23.1 Å². The molecule has 0 atom stereocenters. The highest BCUT2D eigenvalue weighted by atomic mass is 19.3. The number of nitrogens with zero attached hydrogens (tertiary/aromatic N) is 3. The number of ether oxygens (including phenoxy) is 1. The minimum Gasteiger partial charge on any atom is -0.435 e. The number of halogens is 2. The zero-order valence-electron chi connectivity index (χ0n) is 16.5. The SMILES string of the molecule is O=C(CN1CCN(CC(=O)N2CCCC2)CC1)NCc1ccc(OC(F)F)cc1. The average molecular weight is 410 g/mol. The standard InChI is InChI=1S/C20H28F2N4O3/c21-20(22)29-17-5-3-16(4-6-17)13-23-18(27)14-24-9-11-25(12-10-24)15-19(28)26-7-1-2-8-26/h3-6,20H,1-2,7-15H2,(H,23,27). The number of carbonyl (C=O) groups excluding carboxylic acids is 2. The molecule has 2 aliphatic heterocycles. The first-order chi connectivity index (χ1) is 14.0. The Hall–Kier alpha value is -2.26. The molecule has 0 aromatic heterocycles. The average Bonchev–Trinajstić information content (AvgIpc) is 3.24. The smallest absolute Gasteiger partial charge is 0.387 e. The van der Waals surface area contributed by atoms with Crippen LogP contribution >= 0.6 is 0 Å². The summed E-state index contributed by atoms with van der Waals surface area (Å²) in [7, 11) is 0. The monoisotopic (exact) mass is 410 g/mol. The lowest BCUT2D eigenvalue weighted by molar-refractivity contribution is -0.132. The molecule has 1 N–H and O–H groups in total. The van der Waals surface area contributed by atoms with Crippen LogP contribution < -0.4 is 10.1 Å². The maximum Gasteiger partial charge on any atom is 0.387 e. The molecule has 7 nitrogen and oxygen atoms in total. The molecular formula is C20H28F2N4O3. The van der Waals surface area contributed by atoms with Crippen molar-refractivity contribution in [1.82, 2.24) is 20.0 Å². The number of rotatable bonds is 8. The van der Waals surface area contributed by atoms with E-state index < -0.39 is 6.61 Å². The molecule has 160 valence electrons. The van der Waals surface area contributed by atoms with E-state index in [2.05, 4.69) is 19.9 Å². The summed E-state index contributed by atoms with van der Waals surface area (Å²) in [6.07, 6.45) is 2.20. The predicted molar refractivity (Wildman–Crippen MR) is 104 cm³/mol. The Morgan fingerprint density at radius 3 is 2.10 bits per heavy atom. The summed E-state index contributed by atoms with van der Waals surface area (Å²) in [5, 5.41) is 2.84. The highest BCUT2D eigenvalue weighted by Gasteiger charge is 2.24. The van der Waals surface area contributed by atoms with Gasteiger partial charge in [-0.15, -0.1) is 0 Å². The van der Waals surface area contributed by atoms with Gasteiger partial charge in [-0.3, -0.25) is 19.4 Å². The summed E-state index contributed by atoms with van der Waals surface area (Å²) in [4.78, 5) is 30.6. The first-order valence-corrected chi connectivity index (χ1v) is 10.0. The minimum absolute atomic E-state index is 0.0838. The molecule has 2 heterocycles. The quantitative estimate of drug-likeness (QED) is 0.697. The van der Waals surface area contributed by atoms with Gasteiger partial charge in [-0.1, -0.05) is 12.1 Å². The molecule has 1 aromatic rings.